The van der Waals surface area contributed by atoms with Gasteiger partial charge in [-0.3, -0.25) is 0 Å². The van der Waals surface area contributed by atoms with Gasteiger partial charge in [-0.1, -0.05) is 0 Å². The van der Waals surface area contributed by atoms with E-state index < -0.39 is 82.4 Å². The maximum atomic E-state index is 16.2. The molecule has 0 spiro atoms. The van der Waals surface area contributed by atoms with Crippen LogP contribution in [0.15, 0.2) is 24.3 Å². The van der Waals surface area contributed by atoms with Crippen molar-refractivity contribution in [3.05, 3.63) is 46.5 Å². The molecule has 0 aliphatic rings. The average Bonchev–Trinajstić information content (AvgIpc) is 3.17. The first kappa shape index (κ1) is 40.5. The van der Waals surface area contributed by atoms with E-state index in [0.717, 1.165) is 12.1 Å². The van der Waals surface area contributed by atoms with Crippen LogP contribution < -0.4 is 0 Å². The van der Waals surface area contributed by atoms with Crippen molar-refractivity contribution in [2.75, 3.05) is 0 Å². The molecule has 0 aliphatic carbocycles. The number of fused-ring (bicyclic) bond motifs is 3. The van der Waals surface area contributed by atoms with Gasteiger partial charge in [-0.2, -0.15) is 0 Å². The summed E-state index contributed by atoms with van der Waals surface area (Å²) in [5.41, 5.74) is -0.685. The molecule has 0 amide bonds. The van der Waals surface area contributed by atoms with E-state index in [1.807, 2.05) is 0 Å². The molecule has 0 unspecified atom stereocenters. The topological polar surface area (TPSA) is 0 Å². The normalized spacial score (nSPS) is 15.6. The van der Waals surface area contributed by atoms with E-state index in [1.165, 1.54) is 26.0 Å². The van der Waals surface area contributed by atoms with Crippen LogP contribution in [0.3, 0.4) is 0 Å². The first-order chi connectivity index (χ1) is 20.9. The quantitative estimate of drug-likeness (QED) is 0.164. The van der Waals surface area contributed by atoms with Crippen LogP contribution in [-0.4, -0.2) is 60.8 Å². The molecule has 0 saturated heterocycles. The van der Waals surface area contributed by atoms with Crippen molar-refractivity contribution in [3.63, 3.8) is 0 Å². The van der Waals surface area contributed by atoms with Crippen molar-refractivity contribution in [1.29, 1.82) is 0 Å². The number of aryl methyl sites for hydroxylation is 2. The van der Waals surface area contributed by atoms with Gasteiger partial charge in [0.05, 0.1) is 0 Å². The third-order valence-corrected chi connectivity index (χ3v) is 14.6. The summed E-state index contributed by atoms with van der Waals surface area (Å²) in [4.78, 5) is 0. The van der Waals surface area contributed by atoms with Crippen molar-refractivity contribution < 1.29 is 74.6 Å². The van der Waals surface area contributed by atoms with Gasteiger partial charge in [0.25, 0.3) is 0 Å². The van der Waals surface area contributed by atoms with E-state index in [9.17, 15) is 57.1 Å². The third kappa shape index (κ3) is 5.39. The van der Waals surface area contributed by atoms with Crippen LogP contribution in [0, 0.1) is 13.8 Å². The Labute approximate surface area is 269 Å². The molecule has 0 bridgehead atoms. The molecule has 3 aromatic rings. The van der Waals surface area contributed by atoms with Crippen LogP contribution in [0.25, 0.3) is 17.6 Å². The molecule has 272 valence electrons. The van der Waals surface area contributed by atoms with Gasteiger partial charge in [-0.15, -0.1) is 0 Å². The fourth-order valence-electron chi connectivity index (χ4n) is 5.42. The van der Waals surface area contributed by atoms with E-state index in [-0.39, 0.29) is 21.9 Å². The van der Waals surface area contributed by atoms with Crippen LogP contribution in [-0.2, 0) is 14.8 Å². The van der Waals surface area contributed by atoms with Crippen LogP contribution in [0.5, 0.6) is 0 Å². The standard InChI is InChI=1S/C30H28F17Te/c1-13-9-15-16-10-14(2)18(22(6,7)8)12-20(16)48(19(15)11-17(13)21(3,4)5)30(46,47)28(41,42)26(37,38)24(33,34)23(31,32)25(35,36)27(39,40)29(43,44)45/h9-12H,1-8H3/q+1. The zero-order valence-corrected chi connectivity index (χ0v) is 28.5. The second-order valence-electron chi connectivity index (χ2n) is 13.6. The Morgan fingerprint density at radius 1 is 0.396 bits per heavy atom. The Kier molecular flexibility index (Phi) is 9.29. The maximum absolute atomic E-state index is 16.2. The fraction of sp³-hybridized carbons (Fsp3) is 0.600. The Morgan fingerprint density at radius 3 is 0.938 bits per heavy atom. The van der Waals surface area contributed by atoms with Crippen molar-refractivity contribution in [2.24, 2.45) is 0 Å². The number of benzene rings is 2. The predicted octanol–water partition coefficient (Wildman–Crippen LogP) is 11.9. The van der Waals surface area contributed by atoms with Gasteiger partial charge in [0.2, 0.25) is 0 Å². The van der Waals surface area contributed by atoms with Crippen molar-refractivity contribution in [1.82, 2.24) is 0 Å². The van der Waals surface area contributed by atoms with Gasteiger partial charge < -0.3 is 0 Å². The van der Waals surface area contributed by atoms with Crippen molar-refractivity contribution in [2.45, 2.75) is 112 Å². The molecule has 0 N–H and O–H groups in total. The second kappa shape index (κ2) is 11.0. The monoisotopic (exact) mass is 841 g/mol. The molecule has 0 saturated carbocycles. The Hall–Kier alpha value is -1.96. The van der Waals surface area contributed by atoms with Crippen LogP contribution in [0.1, 0.15) is 63.8 Å². The molecule has 0 radical (unpaired) electrons. The van der Waals surface area contributed by atoms with Gasteiger partial charge in [-0.05, 0) is 0 Å². The van der Waals surface area contributed by atoms with E-state index in [0.29, 0.717) is 11.1 Å². The van der Waals surface area contributed by atoms with Gasteiger partial charge in [0.15, 0.2) is 0 Å². The molecule has 1 aromatic heterocycles. The minimum atomic E-state index is -8.66. The number of halogens is 17. The summed E-state index contributed by atoms with van der Waals surface area (Å²) in [6, 6.07) is 4.42. The summed E-state index contributed by atoms with van der Waals surface area (Å²) >= 11 is -5.90. The molecule has 1 heterocycles. The summed E-state index contributed by atoms with van der Waals surface area (Å²) in [5, 5.41) is -0.411. The summed E-state index contributed by atoms with van der Waals surface area (Å²) < 4.78 is 235. The number of hydrogen-bond donors (Lipinski definition) is 0. The van der Waals surface area contributed by atoms with Crippen LogP contribution in [0.2, 0.25) is 0 Å². The first-order valence-corrected chi connectivity index (χ1v) is 17.1. The van der Waals surface area contributed by atoms with Gasteiger partial charge >= 0.3 is 270 Å². The zero-order chi connectivity index (χ0) is 38.0. The van der Waals surface area contributed by atoms with E-state index >= 15 is 17.6 Å². The summed E-state index contributed by atoms with van der Waals surface area (Å²) in [6.07, 6.45) is -7.80. The minimum absolute atomic E-state index is 0.199. The van der Waals surface area contributed by atoms with Gasteiger partial charge in [0, 0.05) is 0 Å². The molecule has 0 aliphatic heterocycles. The number of alkyl halides is 17. The predicted molar refractivity (Wildman–Crippen MR) is 146 cm³/mol. The molecule has 3 rings (SSSR count). The summed E-state index contributed by atoms with van der Waals surface area (Å²) in [6.45, 7) is 12.3. The van der Waals surface area contributed by atoms with Gasteiger partial charge in [-0.25, -0.2) is 0 Å². The number of hydrogen-bond acceptors (Lipinski definition) is 0. The van der Waals surface area contributed by atoms with Crippen LogP contribution in [0.4, 0.5) is 74.6 Å². The van der Waals surface area contributed by atoms with E-state index in [4.69, 9.17) is 0 Å². The molecule has 0 nitrogen and oxygen atoms in total. The molecule has 0 atom stereocenters. The molecule has 2 aromatic carbocycles. The molecule has 0 fully saturated rings. The molecular weight excluding hydrogens is 811 g/mol. The molecule has 48 heavy (non-hydrogen) atoms. The Bertz CT molecular complexity index is 1650. The average molecular weight is 839 g/mol. The Balaban J connectivity index is 2.50. The second-order valence-corrected chi connectivity index (χ2v) is 19.3. The first-order valence-electron chi connectivity index (χ1n) is 13.6. The van der Waals surface area contributed by atoms with E-state index in [2.05, 4.69) is 0 Å². The SMILES string of the molecule is Cc1cc2c3cc(C)c(C(C)(C)C)cc3[te+](C(F)(F)C(F)(F)C(F)(F)C(F)(F)C(F)(F)C(F)(F)C(F)(F)C(F)(F)F)c2cc1C(C)(C)C. The third-order valence-electron chi connectivity index (χ3n) is 7.95. The molecular formula is C30H28F17Te+. The van der Waals surface area contributed by atoms with E-state index in [1.54, 1.807) is 41.5 Å². The van der Waals surface area contributed by atoms with Crippen molar-refractivity contribution in [3.8, 4) is 0 Å². The summed E-state index contributed by atoms with van der Waals surface area (Å²) in [5.74, 6) is -50.1. The zero-order valence-electron chi connectivity index (χ0n) is 26.1. The Morgan fingerprint density at radius 2 is 0.667 bits per heavy atom. The number of rotatable bonds is 7. The molecule has 18 heteroatoms. The van der Waals surface area contributed by atoms with Gasteiger partial charge in [0.1, 0.15) is 0 Å². The fourth-order valence-corrected chi connectivity index (χ4v) is 12.3. The van der Waals surface area contributed by atoms with Crippen LogP contribution >= 0.6 is 0 Å². The summed E-state index contributed by atoms with van der Waals surface area (Å²) in [7, 11) is 0. The van der Waals surface area contributed by atoms with Crippen molar-refractivity contribution >= 4 is 36.6 Å².